The number of benzene rings is 2. The molecule has 0 aliphatic carbocycles. The standard InChI is InChI=1S/C20H20N4O3/c1-14(6-7-15-8-9-18-19(10-15)27-13-26-18)22-23-20(25)11-24-12-21-16-4-2-3-5-17(16)24/h2-5,8-10,12H,6-7,11,13H2,1H3,(H,23,25)/b22-14+. The van der Waals surface area contributed by atoms with Crippen LogP contribution in [0, 0.1) is 0 Å². The van der Waals surface area contributed by atoms with Crippen molar-refractivity contribution in [3.05, 3.63) is 54.4 Å². The lowest BCUT2D eigenvalue weighted by molar-refractivity contribution is -0.121. The van der Waals surface area contributed by atoms with Gasteiger partial charge in [-0.3, -0.25) is 4.79 Å². The molecule has 3 aromatic rings. The first-order valence-electron chi connectivity index (χ1n) is 8.79. The van der Waals surface area contributed by atoms with Crippen molar-refractivity contribution in [1.82, 2.24) is 15.0 Å². The highest BCUT2D eigenvalue weighted by atomic mass is 16.7. The molecule has 0 spiro atoms. The minimum Gasteiger partial charge on any atom is -0.454 e. The highest BCUT2D eigenvalue weighted by Gasteiger charge is 2.13. The van der Waals surface area contributed by atoms with E-state index in [1.807, 2.05) is 54.0 Å². The van der Waals surface area contributed by atoms with E-state index in [0.717, 1.165) is 46.6 Å². The van der Waals surface area contributed by atoms with Gasteiger partial charge >= 0.3 is 0 Å². The number of fused-ring (bicyclic) bond motifs is 2. The van der Waals surface area contributed by atoms with Crippen LogP contribution in [0.3, 0.4) is 0 Å². The van der Waals surface area contributed by atoms with Crippen molar-refractivity contribution in [3.8, 4) is 11.5 Å². The third-order valence-electron chi connectivity index (χ3n) is 4.43. The minimum atomic E-state index is -0.180. The van der Waals surface area contributed by atoms with Gasteiger partial charge in [0.15, 0.2) is 11.5 Å². The quantitative estimate of drug-likeness (QED) is 0.539. The van der Waals surface area contributed by atoms with Crippen LogP contribution < -0.4 is 14.9 Å². The Bertz CT molecular complexity index is 1010. The van der Waals surface area contributed by atoms with Crippen molar-refractivity contribution in [2.45, 2.75) is 26.3 Å². The van der Waals surface area contributed by atoms with E-state index >= 15 is 0 Å². The Kier molecular flexibility index (Phi) is 4.74. The molecule has 1 amide bonds. The van der Waals surface area contributed by atoms with Gasteiger partial charge in [-0.25, -0.2) is 10.4 Å². The second kappa shape index (κ2) is 7.49. The Labute approximate surface area is 156 Å². The summed E-state index contributed by atoms with van der Waals surface area (Å²) in [5.41, 5.74) is 6.42. The number of hydrogen-bond acceptors (Lipinski definition) is 5. The molecule has 7 heteroatoms. The number of imidazole rings is 1. The molecule has 0 radical (unpaired) electrons. The first-order chi connectivity index (χ1) is 13.2. The molecule has 0 fully saturated rings. The summed E-state index contributed by atoms with van der Waals surface area (Å²) >= 11 is 0. The molecule has 2 heterocycles. The predicted octanol–water partition coefficient (Wildman–Crippen LogP) is 2.89. The molecule has 27 heavy (non-hydrogen) atoms. The lowest BCUT2D eigenvalue weighted by Crippen LogP contribution is -2.23. The molecule has 7 nitrogen and oxygen atoms in total. The van der Waals surface area contributed by atoms with Crippen molar-refractivity contribution in [2.75, 3.05) is 6.79 Å². The monoisotopic (exact) mass is 364 g/mol. The van der Waals surface area contributed by atoms with Gasteiger partial charge in [0.1, 0.15) is 6.54 Å². The summed E-state index contributed by atoms with van der Waals surface area (Å²) in [7, 11) is 0. The van der Waals surface area contributed by atoms with Crippen LogP contribution in [-0.4, -0.2) is 28.0 Å². The van der Waals surface area contributed by atoms with Crippen LogP contribution in [0.2, 0.25) is 0 Å². The summed E-state index contributed by atoms with van der Waals surface area (Å²) in [5, 5.41) is 4.20. The number of carbonyl (C=O) groups is 1. The first kappa shape index (κ1) is 17.1. The zero-order valence-corrected chi connectivity index (χ0v) is 15.0. The van der Waals surface area contributed by atoms with E-state index in [0.29, 0.717) is 0 Å². The molecule has 1 aliphatic rings. The zero-order chi connectivity index (χ0) is 18.6. The van der Waals surface area contributed by atoms with Crippen molar-refractivity contribution in [2.24, 2.45) is 5.10 Å². The molecule has 0 bridgehead atoms. The number of hydrazone groups is 1. The fraction of sp³-hybridized carbons (Fsp3) is 0.250. The van der Waals surface area contributed by atoms with Crippen molar-refractivity contribution in [3.63, 3.8) is 0 Å². The summed E-state index contributed by atoms with van der Waals surface area (Å²) in [5.74, 6) is 1.38. The van der Waals surface area contributed by atoms with Gasteiger partial charge in [0.25, 0.3) is 5.91 Å². The van der Waals surface area contributed by atoms with Crippen molar-refractivity contribution >= 4 is 22.7 Å². The van der Waals surface area contributed by atoms with E-state index in [4.69, 9.17) is 9.47 Å². The molecular formula is C20H20N4O3. The van der Waals surface area contributed by atoms with Crippen LogP contribution in [0.4, 0.5) is 0 Å². The zero-order valence-electron chi connectivity index (χ0n) is 15.0. The van der Waals surface area contributed by atoms with Gasteiger partial charge in [0.05, 0.1) is 17.4 Å². The Morgan fingerprint density at radius 2 is 2.07 bits per heavy atom. The van der Waals surface area contributed by atoms with E-state index in [-0.39, 0.29) is 19.2 Å². The number of rotatable bonds is 6. The highest BCUT2D eigenvalue weighted by Crippen LogP contribution is 2.32. The Morgan fingerprint density at radius 3 is 3.00 bits per heavy atom. The smallest absolute Gasteiger partial charge is 0.260 e. The third-order valence-corrected chi connectivity index (χ3v) is 4.43. The molecule has 1 N–H and O–H groups in total. The lowest BCUT2D eigenvalue weighted by atomic mass is 10.1. The average molecular weight is 364 g/mol. The second-order valence-corrected chi connectivity index (χ2v) is 6.43. The van der Waals surface area contributed by atoms with Crippen LogP contribution in [-0.2, 0) is 17.8 Å². The van der Waals surface area contributed by atoms with Crippen LogP contribution >= 0.6 is 0 Å². The van der Waals surface area contributed by atoms with Crippen molar-refractivity contribution in [1.29, 1.82) is 0 Å². The topological polar surface area (TPSA) is 77.7 Å². The van der Waals surface area contributed by atoms with E-state index < -0.39 is 0 Å². The van der Waals surface area contributed by atoms with E-state index in [1.165, 1.54) is 0 Å². The Morgan fingerprint density at radius 1 is 1.22 bits per heavy atom. The number of nitrogens with one attached hydrogen (secondary N) is 1. The maximum atomic E-state index is 12.2. The second-order valence-electron chi connectivity index (χ2n) is 6.43. The van der Waals surface area contributed by atoms with Crippen LogP contribution in [0.15, 0.2) is 53.9 Å². The van der Waals surface area contributed by atoms with Gasteiger partial charge < -0.3 is 14.0 Å². The summed E-state index contributed by atoms with van der Waals surface area (Å²) in [4.78, 5) is 16.4. The van der Waals surface area contributed by atoms with Crippen LogP contribution in [0.25, 0.3) is 11.0 Å². The molecule has 0 saturated heterocycles. The molecule has 4 rings (SSSR count). The maximum absolute atomic E-state index is 12.2. The SMILES string of the molecule is C/C(CCc1ccc2c(c1)OCO2)=N\NC(=O)Cn1cnc2ccccc21. The van der Waals surface area contributed by atoms with Crippen LogP contribution in [0.1, 0.15) is 18.9 Å². The maximum Gasteiger partial charge on any atom is 0.260 e. The number of para-hydroxylation sites is 2. The molecule has 0 atom stereocenters. The van der Waals surface area contributed by atoms with Gasteiger partial charge in [0, 0.05) is 5.71 Å². The first-order valence-corrected chi connectivity index (χ1v) is 8.79. The number of hydrogen-bond donors (Lipinski definition) is 1. The predicted molar refractivity (Wildman–Crippen MR) is 102 cm³/mol. The van der Waals surface area contributed by atoms with Gasteiger partial charge in [-0.1, -0.05) is 18.2 Å². The Balaban J connectivity index is 1.30. The van der Waals surface area contributed by atoms with Crippen LogP contribution in [0.5, 0.6) is 11.5 Å². The number of aromatic nitrogens is 2. The minimum absolute atomic E-state index is 0.180. The van der Waals surface area contributed by atoms with Gasteiger partial charge in [-0.15, -0.1) is 0 Å². The molecule has 1 aromatic heterocycles. The molecule has 0 unspecified atom stereocenters. The molecule has 0 saturated carbocycles. The van der Waals surface area contributed by atoms with Gasteiger partial charge in [-0.2, -0.15) is 5.10 Å². The summed E-state index contributed by atoms with van der Waals surface area (Å²) in [6.07, 6.45) is 3.22. The summed E-state index contributed by atoms with van der Waals surface area (Å²) in [6.45, 7) is 2.36. The van der Waals surface area contributed by atoms with E-state index in [2.05, 4.69) is 15.5 Å². The third kappa shape index (κ3) is 3.92. The lowest BCUT2D eigenvalue weighted by Gasteiger charge is -2.05. The van der Waals surface area contributed by atoms with Gasteiger partial charge in [-0.05, 0) is 49.6 Å². The highest BCUT2D eigenvalue weighted by molar-refractivity contribution is 5.85. The van der Waals surface area contributed by atoms with E-state index in [9.17, 15) is 4.79 Å². The fourth-order valence-electron chi connectivity index (χ4n) is 2.96. The van der Waals surface area contributed by atoms with Crippen molar-refractivity contribution < 1.29 is 14.3 Å². The number of aryl methyl sites for hydroxylation is 1. The largest absolute Gasteiger partial charge is 0.454 e. The number of nitrogens with zero attached hydrogens (tertiary/aromatic N) is 3. The number of amides is 1. The summed E-state index contributed by atoms with van der Waals surface area (Å²) in [6, 6.07) is 13.6. The molecule has 1 aliphatic heterocycles. The average Bonchev–Trinajstić information content (AvgIpc) is 3.31. The van der Waals surface area contributed by atoms with E-state index in [1.54, 1.807) is 6.33 Å². The normalized spacial score (nSPS) is 13.1. The molecular weight excluding hydrogens is 344 g/mol. The molecule has 138 valence electrons. The summed E-state index contributed by atoms with van der Waals surface area (Å²) < 4.78 is 12.5. The van der Waals surface area contributed by atoms with Gasteiger partial charge in [0.2, 0.25) is 6.79 Å². The molecule has 2 aromatic carbocycles. The fourth-order valence-corrected chi connectivity index (χ4v) is 2.96. The number of ether oxygens (including phenoxy) is 2. The number of carbonyl (C=O) groups excluding carboxylic acids is 1. The Hall–Kier alpha value is -3.35.